The molecule has 0 aliphatic heterocycles. The average Bonchev–Trinajstić information content (AvgIpc) is 2.66. The highest BCUT2D eigenvalue weighted by atomic mass is 19.1. The number of halogens is 1. The van der Waals surface area contributed by atoms with E-state index < -0.39 is 0 Å². The Morgan fingerprint density at radius 2 is 1.58 bits per heavy atom. The lowest BCUT2D eigenvalue weighted by Crippen LogP contribution is -2.35. The molecular formula is C19H21FN2O4. The van der Waals surface area contributed by atoms with Gasteiger partial charge in [0.2, 0.25) is 5.91 Å². The van der Waals surface area contributed by atoms with Crippen LogP contribution in [0.3, 0.4) is 0 Å². The molecule has 0 aliphatic rings. The number of hydrogen-bond donors (Lipinski definition) is 2. The molecule has 0 saturated carbocycles. The zero-order valence-electron chi connectivity index (χ0n) is 14.7. The second kappa shape index (κ2) is 9.41. The Bertz CT molecular complexity index is 763. The van der Waals surface area contributed by atoms with Gasteiger partial charge < -0.3 is 20.1 Å². The van der Waals surface area contributed by atoms with Gasteiger partial charge in [0.15, 0.2) is 11.5 Å². The molecule has 2 rings (SSSR count). The molecule has 0 spiro atoms. The first-order chi connectivity index (χ1) is 12.5. The van der Waals surface area contributed by atoms with Crippen LogP contribution in [0, 0.1) is 5.82 Å². The van der Waals surface area contributed by atoms with Crippen LogP contribution in [0.5, 0.6) is 11.5 Å². The Kier molecular flexibility index (Phi) is 6.96. The Labute approximate surface area is 151 Å². The molecule has 26 heavy (non-hydrogen) atoms. The van der Waals surface area contributed by atoms with Crippen LogP contribution in [0.15, 0.2) is 42.5 Å². The van der Waals surface area contributed by atoms with Gasteiger partial charge in [-0.2, -0.15) is 0 Å². The summed E-state index contributed by atoms with van der Waals surface area (Å²) in [5.74, 6) is 0.188. The minimum Gasteiger partial charge on any atom is -0.493 e. The summed E-state index contributed by atoms with van der Waals surface area (Å²) in [4.78, 5) is 23.9. The molecule has 0 saturated heterocycles. The van der Waals surface area contributed by atoms with Crippen LogP contribution >= 0.6 is 0 Å². The number of carbonyl (C=O) groups excluding carboxylic acids is 2. The molecule has 138 valence electrons. The van der Waals surface area contributed by atoms with E-state index in [1.165, 1.54) is 26.4 Å². The van der Waals surface area contributed by atoms with Crippen molar-refractivity contribution in [3.8, 4) is 11.5 Å². The summed E-state index contributed by atoms with van der Waals surface area (Å²) >= 11 is 0. The predicted molar refractivity (Wildman–Crippen MR) is 95.0 cm³/mol. The molecule has 0 aliphatic carbocycles. The van der Waals surface area contributed by atoms with Gasteiger partial charge in [-0.15, -0.1) is 0 Å². The molecule has 6 nitrogen and oxygen atoms in total. The summed E-state index contributed by atoms with van der Waals surface area (Å²) in [5.41, 5.74) is 1.15. The number of ether oxygens (including phenoxy) is 2. The van der Waals surface area contributed by atoms with Crippen molar-refractivity contribution in [2.24, 2.45) is 0 Å². The van der Waals surface area contributed by atoms with Crippen molar-refractivity contribution in [1.82, 2.24) is 10.6 Å². The van der Waals surface area contributed by atoms with Gasteiger partial charge >= 0.3 is 0 Å². The van der Waals surface area contributed by atoms with E-state index in [2.05, 4.69) is 10.6 Å². The van der Waals surface area contributed by atoms with Crippen molar-refractivity contribution >= 4 is 11.8 Å². The highest BCUT2D eigenvalue weighted by Gasteiger charge is 2.10. The second-order valence-electron chi connectivity index (χ2n) is 5.48. The number of amides is 2. The summed E-state index contributed by atoms with van der Waals surface area (Å²) < 4.78 is 23.1. The zero-order valence-corrected chi connectivity index (χ0v) is 14.7. The third-order valence-electron chi connectivity index (χ3n) is 3.66. The van der Waals surface area contributed by atoms with Gasteiger partial charge in [-0.3, -0.25) is 9.59 Å². The van der Waals surface area contributed by atoms with Gasteiger partial charge in [0.05, 0.1) is 20.6 Å². The summed E-state index contributed by atoms with van der Waals surface area (Å²) in [6, 6.07) is 10.6. The first-order valence-electron chi connectivity index (χ1n) is 8.05. The maximum absolute atomic E-state index is 12.8. The number of hydrogen-bond acceptors (Lipinski definition) is 4. The van der Waals surface area contributed by atoms with E-state index >= 15 is 0 Å². The highest BCUT2D eigenvalue weighted by molar-refractivity contribution is 5.94. The molecule has 2 aromatic rings. The lowest BCUT2D eigenvalue weighted by molar-refractivity contribution is -0.120. The van der Waals surface area contributed by atoms with Gasteiger partial charge in [-0.05, 0) is 35.9 Å². The van der Waals surface area contributed by atoms with E-state index in [0.29, 0.717) is 23.6 Å². The Balaban J connectivity index is 1.76. The SMILES string of the molecule is COc1ccc(C(=O)NCCNC(=O)Cc2ccc(F)cc2)cc1OC. The molecule has 0 aromatic heterocycles. The van der Waals surface area contributed by atoms with Gasteiger partial charge in [-0.25, -0.2) is 4.39 Å². The van der Waals surface area contributed by atoms with Crippen molar-refractivity contribution in [3.63, 3.8) is 0 Å². The summed E-state index contributed by atoms with van der Waals surface area (Å²) in [7, 11) is 3.02. The van der Waals surface area contributed by atoms with Gasteiger partial charge in [0.25, 0.3) is 5.91 Å². The van der Waals surface area contributed by atoms with Crippen molar-refractivity contribution < 1.29 is 23.5 Å². The van der Waals surface area contributed by atoms with E-state index in [-0.39, 0.29) is 30.6 Å². The predicted octanol–water partition coefficient (Wildman–Crippen LogP) is 1.93. The summed E-state index contributed by atoms with van der Waals surface area (Å²) in [5, 5.41) is 5.42. The van der Waals surface area contributed by atoms with Crippen LogP contribution in [0.4, 0.5) is 4.39 Å². The van der Waals surface area contributed by atoms with Crippen LogP contribution < -0.4 is 20.1 Å². The van der Waals surface area contributed by atoms with Crippen molar-refractivity contribution in [3.05, 3.63) is 59.4 Å². The smallest absolute Gasteiger partial charge is 0.251 e. The quantitative estimate of drug-likeness (QED) is 0.706. The second-order valence-corrected chi connectivity index (χ2v) is 5.48. The fourth-order valence-electron chi connectivity index (χ4n) is 2.31. The summed E-state index contributed by atoms with van der Waals surface area (Å²) in [6.07, 6.45) is 0.157. The lowest BCUT2D eigenvalue weighted by atomic mass is 10.1. The molecular weight excluding hydrogens is 339 g/mol. The fourth-order valence-corrected chi connectivity index (χ4v) is 2.31. The minimum atomic E-state index is -0.341. The highest BCUT2D eigenvalue weighted by Crippen LogP contribution is 2.27. The third-order valence-corrected chi connectivity index (χ3v) is 3.66. The lowest BCUT2D eigenvalue weighted by Gasteiger charge is -2.10. The van der Waals surface area contributed by atoms with E-state index in [4.69, 9.17) is 9.47 Å². The standard InChI is InChI=1S/C19H21FN2O4/c1-25-16-8-5-14(12-17(16)26-2)19(24)22-10-9-21-18(23)11-13-3-6-15(20)7-4-13/h3-8,12H,9-11H2,1-2H3,(H,21,23)(H,22,24). The summed E-state index contributed by atoms with van der Waals surface area (Å²) in [6.45, 7) is 0.571. The van der Waals surface area contributed by atoms with Crippen LogP contribution in [-0.2, 0) is 11.2 Å². The minimum absolute atomic E-state index is 0.157. The Morgan fingerprint density at radius 1 is 0.923 bits per heavy atom. The average molecular weight is 360 g/mol. The molecule has 2 aromatic carbocycles. The third kappa shape index (κ3) is 5.47. The maximum atomic E-state index is 12.8. The van der Waals surface area contributed by atoms with Crippen molar-refractivity contribution in [2.45, 2.75) is 6.42 Å². The molecule has 7 heteroatoms. The van der Waals surface area contributed by atoms with Crippen LogP contribution in [-0.4, -0.2) is 39.1 Å². The zero-order chi connectivity index (χ0) is 18.9. The number of methoxy groups -OCH3 is 2. The van der Waals surface area contributed by atoms with Crippen molar-refractivity contribution in [2.75, 3.05) is 27.3 Å². The first kappa shape index (κ1) is 19.2. The number of nitrogens with one attached hydrogen (secondary N) is 2. The monoisotopic (exact) mass is 360 g/mol. The number of benzene rings is 2. The normalized spacial score (nSPS) is 10.1. The molecule has 0 unspecified atom stereocenters. The molecule has 0 heterocycles. The molecule has 0 fully saturated rings. The molecule has 2 N–H and O–H groups in total. The number of carbonyl (C=O) groups is 2. The Hall–Kier alpha value is -3.09. The maximum Gasteiger partial charge on any atom is 0.251 e. The first-order valence-corrected chi connectivity index (χ1v) is 8.05. The van der Waals surface area contributed by atoms with E-state index in [1.807, 2.05) is 0 Å². The van der Waals surface area contributed by atoms with Crippen molar-refractivity contribution in [1.29, 1.82) is 0 Å². The largest absolute Gasteiger partial charge is 0.493 e. The van der Waals surface area contributed by atoms with Crippen LogP contribution in [0.1, 0.15) is 15.9 Å². The van der Waals surface area contributed by atoms with Crippen LogP contribution in [0.2, 0.25) is 0 Å². The Morgan fingerprint density at radius 3 is 2.23 bits per heavy atom. The topological polar surface area (TPSA) is 76.7 Å². The molecule has 0 bridgehead atoms. The van der Waals surface area contributed by atoms with E-state index in [0.717, 1.165) is 5.56 Å². The molecule has 0 atom stereocenters. The van der Waals surface area contributed by atoms with Crippen LogP contribution in [0.25, 0.3) is 0 Å². The molecule has 2 amide bonds. The van der Waals surface area contributed by atoms with E-state index in [9.17, 15) is 14.0 Å². The molecule has 0 radical (unpaired) electrons. The fraction of sp³-hybridized carbons (Fsp3) is 0.263. The van der Waals surface area contributed by atoms with Gasteiger partial charge in [0, 0.05) is 18.7 Å². The van der Waals surface area contributed by atoms with Gasteiger partial charge in [0.1, 0.15) is 5.82 Å². The van der Waals surface area contributed by atoms with E-state index in [1.54, 1.807) is 30.3 Å². The number of rotatable bonds is 8. The van der Waals surface area contributed by atoms with Gasteiger partial charge in [-0.1, -0.05) is 12.1 Å².